The van der Waals surface area contributed by atoms with Crippen LogP contribution in [-0.2, 0) is 11.3 Å². The van der Waals surface area contributed by atoms with Crippen molar-refractivity contribution in [2.75, 3.05) is 19.0 Å². The molecule has 2 N–H and O–H groups in total. The highest BCUT2D eigenvalue weighted by Crippen LogP contribution is 2.27. The second-order valence-corrected chi connectivity index (χ2v) is 6.71. The van der Waals surface area contributed by atoms with E-state index in [0.29, 0.717) is 12.5 Å². The molecule has 5 heteroatoms. The summed E-state index contributed by atoms with van der Waals surface area (Å²) in [5.74, 6) is 0.549. The fourth-order valence-corrected chi connectivity index (χ4v) is 3.58. The summed E-state index contributed by atoms with van der Waals surface area (Å²) in [6, 6.07) is 8.28. The summed E-state index contributed by atoms with van der Waals surface area (Å²) in [6.07, 6.45) is 6.73. The van der Waals surface area contributed by atoms with E-state index in [0.717, 1.165) is 29.6 Å². The molecule has 0 spiro atoms. The number of nitrogens with zero attached hydrogens (tertiary/aromatic N) is 1. The molecule has 1 aliphatic carbocycles. The Morgan fingerprint density at radius 3 is 2.88 bits per heavy atom. The van der Waals surface area contributed by atoms with Crippen molar-refractivity contribution in [1.82, 2.24) is 9.88 Å². The number of fused-ring (bicyclic) bond motifs is 1. The molecule has 1 aliphatic rings. The molecule has 5 nitrogen and oxygen atoms in total. The number of methoxy groups -OCH3 is 1. The molecule has 0 radical (unpaired) electrons. The van der Waals surface area contributed by atoms with E-state index in [9.17, 15) is 4.79 Å². The van der Waals surface area contributed by atoms with Crippen LogP contribution in [0.15, 0.2) is 30.5 Å². The number of hydrogen-bond donors (Lipinski definition) is 2. The minimum Gasteiger partial charge on any atom is -0.383 e. The van der Waals surface area contributed by atoms with Crippen molar-refractivity contribution in [3.63, 3.8) is 0 Å². The van der Waals surface area contributed by atoms with Gasteiger partial charge in [-0.05, 0) is 24.8 Å². The van der Waals surface area contributed by atoms with Gasteiger partial charge >= 0.3 is 6.03 Å². The van der Waals surface area contributed by atoms with Gasteiger partial charge < -0.3 is 19.9 Å². The van der Waals surface area contributed by atoms with Crippen molar-refractivity contribution in [3.8, 4) is 0 Å². The quantitative estimate of drug-likeness (QED) is 0.871. The summed E-state index contributed by atoms with van der Waals surface area (Å²) < 4.78 is 7.30. The van der Waals surface area contributed by atoms with Crippen molar-refractivity contribution in [3.05, 3.63) is 30.5 Å². The van der Waals surface area contributed by atoms with Crippen LogP contribution in [0, 0.1) is 5.92 Å². The fraction of sp³-hybridized carbons (Fsp3) is 0.526. The lowest BCUT2D eigenvalue weighted by atomic mass is 9.86. The zero-order valence-electron chi connectivity index (χ0n) is 14.5. The SMILES string of the molecule is COCCn1cc(NC(=O)N[C@H]2CCCC[C@H]2C)c2ccccc21. The first-order chi connectivity index (χ1) is 11.7. The molecule has 0 bridgehead atoms. The van der Waals surface area contributed by atoms with Crippen molar-refractivity contribution in [2.45, 2.75) is 45.2 Å². The standard InChI is InChI=1S/C19H27N3O2/c1-14-7-3-5-9-16(14)20-19(23)21-17-13-22(11-12-24-2)18-10-6-4-8-15(17)18/h4,6,8,10,13-14,16H,3,5,7,9,11-12H2,1-2H3,(H2,20,21,23)/t14-,16+/m1/s1. The number of rotatable bonds is 5. The number of nitrogens with one attached hydrogen (secondary N) is 2. The number of anilines is 1. The van der Waals surface area contributed by atoms with Gasteiger partial charge in [0.2, 0.25) is 0 Å². The molecule has 1 aromatic heterocycles. The van der Waals surface area contributed by atoms with Gasteiger partial charge in [0.25, 0.3) is 0 Å². The summed E-state index contributed by atoms with van der Waals surface area (Å²) in [6.45, 7) is 3.63. The van der Waals surface area contributed by atoms with Gasteiger partial charge in [0, 0.05) is 31.3 Å². The Hall–Kier alpha value is -2.01. The van der Waals surface area contributed by atoms with Crippen molar-refractivity contribution >= 4 is 22.6 Å². The smallest absolute Gasteiger partial charge is 0.319 e. The molecule has 130 valence electrons. The zero-order valence-corrected chi connectivity index (χ0v) is 14.5. The Kier molecular flexibility index (Phi) is 5.41. The maximum Gasteiger partial charge on any atom is 0.319 e. The highest BCUT2D eigenvalue weighted by atomic mass is 16.5. The van der Waals surface area contributed by atoms with E-state index in [1.165, 1.54) is 19.3 Å². The average molecular weight is 329 g/mol. The second-order valence-electron chi connectivity index (χ2n) is 6.71. The highest BCUT2D eigenvalue weighted by molar-refractivity contribution is 6.01. The predicted octanol–water partition coefficient (Wildman–Crippen LogP) is 3.99. The molecule has 24 heavy (non-hydrogen) atoms. The summed E-state index contributed by atoms with van der Waals surface area (Å²) in [4.78, 5) is 12.4. The van der Waals surface area contributed by atoms with Crippen LogP contribution in [-0.4, -0.2) is 30.4 Å². The molecule has 2 atom stereocenters. The fourth-order valence-electron chi connectivity index (χ4n) is 3.58. The van der Waals surface area contributed by atoms with E-state index >= 15 is 0 Å². The molecular formula is C19H27N3O2. The topological polar surface area (TPSA) is 55.3 Å². The van der Waals surface area contributed by atoms with Crippen molar-refractivity contribution < 1.29 is 9.53 Å². The highest BCUT2D eigenvalue weighted by Gasteiger charge is 2.23. The van der Waals surface area contributed by atoms with Crippen molar-refractivity contribution in [2.24, 2.45) is 5.92 Å². The number of ether oxygens (including phenoxy) is 1. The molecular weight excluding hydrogens is 302 g/mol. The Bertz CT molecular complexity index is 695. The lowest BCUT2D eigenvalue weighted by Crippen LogP contribution is -2.43. The van der Waals surface area contributed by atoms with Crippen molar-refractivity contribution in [1.29, 1.82) is 0 Å². The third-order valence-electron chi connectivity index (χ3n) is 5.00. The molecule has 1 fully saturated rings. The Morgan fingerprint density at radius 2 is 2.08 bits per heavy atom. The van der Waals surface area contributed by atoms with E-state index in [4.69, 9.17) is 4.74 Å². The number of amides is 2. The predicted molar refractivity (Wildman–Crippen MR) is 97.4 cm³/mol. The summed E-state index contributed by atoms with van der Waals surface area (Å²) in [7, 11) is 1.70. The van der Waals surface area contributed by atoms with E-state index in [1.54, 1.807) is 7.11 Å². The number of aromatic nitrogens is 1. The summed E-state index contributed by atoms with van der Waals surface area (Å²) in [5, 5.41) is 7.24. The normalized spacial score (nSPS) is 20.9. The zero-order chi connectivity index (χ0) is 16.9. The number of hydrogen-bond acceptors (Lipinski definition) is 2. The van der Waals surface area contributed by atoms with Crippen LogP contribution in [0.4, 0.5) is 10.5 Å². The third kappa shape index (κ3) is 3.73. The Morgan fingerprint density at radius 1 is 1.29 bits per heavy atom. The maximum absolute atomic E-state index is 12.4. The molecule has 3 rings (SSSR count). The molecule has 0 aliphatic heterocycles. The lowest BCUT2D eigenvalue weighted by Gasteiger charge is -2.29. The molecule has 1 heterocycles. The Labute approximate surface area is 143 Å². The maximum atomic E-state index is 12.4. The average Bonchev–Trinajstić information content (AvgIpc) is 2.93. The summed E-state index contributed by atoms with van der Waals surface area (Å²) >= 11 is 0. The van der Waals surface area contributed by atoms with E-state index in [1.807, 2.05) is 24.4 Å². The van der Waals surface area contributed by atoms with Crippen LogP contribution in [0.25, 0.3) is 10.9 Å². The van der Waals surface area contributed by atoms with E-state index in [2.05, 4.69) is 28.2 Å². The second kappa shape index (κ2) is 7.71. The number of para-hydroxylation sites is 1. The van der Waals surface area contributed by atoms with Gasteiger partial charge in [0.1, 0.15) is 0 Å². The molecule has 2 aromatic rings. The number of urea groups is 1. The van der Waals surface area contributed by atoms with Gasteiger partial charge in [-0.25, -0.2) is 4.79 Å². The number of carbonyl (C=O) groups is 1. The first-order valence-corrected chi connectivity index (χ1v) is 8.83. The van der Waals surface area contributed by atoms with Gasteiger partial charge in [-0.3, -0.25) is 0 Å². The first-order valence-electron chi connectivity index (χ1n) is 8.83. The van der Waals surface area contributed by atoms with Crippen LogP contribution < -0.4 is 10.6 Å². The molecule has 2 amide bonds. The molecule has 1 aromatic carbocycles. The first kappa shape index (κ1) is 16.8. The Balaban J connectivity index is 1.73. The number of benzene rings is 1. The molecule has 1 saturated carbocycles. The monoisotopic (exact) mass is 329 g/mol. The van der Waals surface area contributed by atoms with E-state index < -0.39 is 0 Å². The van der Waals surface area contributed by atoms with Crippen LogP contribution in [0.1, 0.15) is 32.6 Å². The molecule has 0 saturated heterocycles. The van der Waals surface area contributed by atoms with Gasteiger partial charge in [-0.15, -0.1) is 0 Å². The minimum atomic E-state index is -0.108. The van der Waals surface area contributed by atoms with Crippen LogP contribution in [0.5, 0.6) is 0 Å². The third-order valence-corrected chi connectivity index (χ3v) is 5.00. The van der Waals surface area contributed by atoms with Gasteiger partial charge in [-0.1, -0.05) is 38.0 Å². The minimum absolute atomic E-state index is 0.108. The number of carbonyl (C=O) groups excluding carboxylic acids is 1. The van der Waals surface area contributed by atoms with E-state index in [-0.39, 0.29) is 12.1 Å². The lowest BCUT2D eigenvalue weighted by molar-refractivity contribution is 0.188. The molecule has 0 unspecified atom stereocenters. The van der Waals surface area contributed by atoms with Gasteiger partial charge in [0.15, 0.2) is 0 Å². The van der Waals surface area contributed by atoms with Crippen LogP contribution in [0.2, 0.25) is 0 Å². The van der Waals surface area contributed by atoms with Gasteiger partial charge in [-0.2, -0.15) is 0 Å². The largest absolute Gasteiger partial charge is 0.383 e. The van der Waals surface area contributed by atoms with Crippen LogP contribution in [0.3, 0.4) is 0 Å². The summed E-state index contributed by atoms with van der Waals surface area (Å²) in [5.41, 5.74) is 1.96. The van der Waals surface area contributed by atoms with Gasteiger partial charge in [0.05, 0.1) is 17.8 Å². The van der Waals surface area contributed by atoms with Crippen LogP contribution >= 0.6 is 0 Å².